The molecule has 0 aliphatic heterocycles. The van der Waals surface area contributed by atoms with E-state index in [1.54, 1.807) is 0 Å². The summed E-state index contributed by atoms with van der Waals surface area (Å²) >= 11 is 0.701. The summed E-state index contributed by atoms with van der Waals surface area (Å²) in [4.78, 5) is 0. The molecule has 0 rings (SSSR count). The Kier molecular flexibility index (Phi) is 2.69. The molecule has 0 fully saturated rings. The summed E-state index contributed by atoms with van der Waals surface area (Å²) < 4.78 is 35.6. The van der Waals surface area contributed by atoms with E-state index in [1.165, 1.54) is 13.8 Å². The van der Waals surface area contributed by atoms with Crippen LogP contribution in [0.1, 0.15) is 13.8 Å². The molecule has 0 spiro atoms. The summed E-state index contributed by atoms with van der Waals surface area (Å²) in [6.45, 7) is 2.47. The summed E-state index contributed by atoms with van der Waals surface area (Å²) in [7, 11) is 0. The Morgan fingerprint density at radius 1 is 1.22 bits per heavy atom. The molecule has 0 radical (unpaired) electrons. The minimum atomic E-state index is -4.02. The molecule has 0 N–H and O–H groups in total. The van der Waals surface area contributed by atoms with Crippen molar-refractivity contribution in [3.05, 3.63) is 0 Å². The van der Waals surface area contributed by atoms with Gasteiger partial charge in [-0.15, -0.1) is 0 Å². The third kappa shape index (κ3) is 2.25. The molecule has 0 aromatic carbocycles. The zero-order chi connectivity index (χ0) is 7.71. The van der Waals surface area contributed by atoms with Crippen LogP contribution in [-0.4, -0.2) is 6.18 Å². The SMILES string of the molecule is CC(C)([CH2][Zn])C(F)(F)F. The van der Waals surface area contributed by atoms with Crippen LogP contribution in [0.3, 0.4) is 0 Å². The van der Waals surface area contributed by atoms with Crippen molar-refractivity contribution in [2.24, 2.45) is 5.41 Å². The van der Waals surface area contributed by atoms with Crippen molar-refractivity contribution in [1.29, 1.82) is 0 Å². The maximum atomic E-state index is 11.9. The molecule has 0 aromatic rings. The molecule has 0 bridgehead atoms. The number of halogens is 3. The molecule has 0 aliphatic rings. The van der Waals surface area contributed by atoms with Crippen LogP contribution in [0, 0.1) is 5.41 Å². The van der Waals surface area contributed by atoms with Gasteiger partial charge in [0.15, 0.2) is 0 Å². The standard InChI is InChI=1S/C5H8F3.Zn/c1-4(2,3)5(6,7)8;/h1H2,2-3H3;. The van der Waals surface area contributed by atoms with Gasteiger partial charge in [-0.1, -0.05) is 0 Å². The van der Waals surface area contributed by atoms with Crippen LogP contribution in [0.4, 0.5) is 13.2 Å². The quantitative estimate of drug-likeness (QED) is 0.558. The zero-order valence-electron chi connectivity index (χ0n) is 5.55. The molecule has 0 unspecified atom stereocenters. The maximum absolute atomic E-state index is 11.9. The fraction of sp³-hybridized carbons (Fsp3) is 1.00. The van der Waals surface area contributed by atoms with Gasteiger partial charge in [-0.2, -0.15) is 0 Å². The van der Waals surface area contributed by atoms with Crippen molar-refractivity contribution >= 4 is 0 Å². The van der Waals surface area contributed by atoms with Gasteiger partial charge in [0.2, 0.25) is 0 Å². The first-order chi connectivity index (χ1) is 3.81. The van der Waals surface area contributed by atoms with Crippen LogP contribution >= 0.6 is 0 Å². The van der Waals surface area contributed by atoms with Gasteiger partial charge in [0.05, 0.1) is 0 Å². The van der Waals surface area contributed by atoms with Gasteiger partial charge in [0, 0.05) is 0 Å². The van der Waals surface area contributed by atoms with Gasteiger partial charge in [-0.3, -0.25) is 0 Å². The Balaban J connectivity index is 4.14. The molecule has 0 atom stereocenters. The second-order valence-electron chi connectivity index (χ2n) is 2.63. The van der Waals surface area contributed by atoms with E-state index in [0.717, 1.165) is 0 Å². The first kappa shape index (κ1) is 9.41. The molecule has 0 heterocycles. The fourth-order valence-corrected chi connectivity index (χ4v) is 0.736. The second kappa shape index (κ2) is 2.57. The van der Waals surface area contributed by atoms with E-state index in [4.69, 9.17) is 0 Å². The summed E-state index contributed by atoms with van der Waals surface area (Å²) in [5.74, 6) is 0. The molecule has 0 saturated heterocycles. The third-order valence-corrected chi connectivity index (χ3v) is 4.01. The molecule has 51 valence electrons. The van der Waals surface area contributed by atoms with Crippen LogP contribution in [0.2, 0.25) is 5.02 Å². The Hall–Kier alpha value is 0.413. The Morgan fingerprint density at radius 2 is 1.56 bits per heavy atom. The van der Waals surface area contributed by atoms with Gasteiger partial charge in [0.25, 0.3) is 0 Å². The number of hydrogen-bond acceptors (Lipinski definition) is 0. The van der Waals surface area contributed by atoms with Crippen LogP contribution in [0.25, 0.3) is 0 Å². The van der Waals surface area contributed by atoms with Gasteiger partial charge in [0.1, 0.15) is 0 Å². The molecule has 0 aliphatic carbocycles. The van der Waals surface area contributed by atoms with E-state index in [2.05, 4.69) is 0 Å². The van der Waals surface area contributed by atoms with E-state index in [1.807, 2.05) is 0 Å². The zero-order valence-corrected chi connectivity index (χ0v) is 8.52. The third-order valence-electron chi connectivity index (χ3n) is 1.39. The summed E-state index contributed by atoms with van der Waals surface area (Å²) in [6, 6.07) is 0. The number of alkyl halides is 3. The summed E-state index contributed by atoms with van der Waals surface area (Å²) in [5, 5.41) is 0.260. The van der Waals surface area contributed by atoms with E-state index >= 15 is 0 Å². The van der Waals surface area contributed by atoms with Gasteiger partial charge in [-0.05, 0) is 0 Å². The fourth-order valence-electron chi connectivity index (χ4n) is 0.142. The van der Waals surface area contributed by atoms with Crippen molar-refractivity contribution in [1.82, 2.24) is 0 Å². The van der Waals surface area contributed by atoms with Crippen LogP contribution < -0.4 is 0 Å². The molecule has 0 saturated carbocycles. The molecule has 4 heteroatoms. The molecular formula is C5H8F3Zn. The van der Waals surface area contributed by atoms with E-state index in [9.17, 15) is 13.2 Å². The molecule has 9 heavy (non-hydrogen) atoms. The molecule has 0 nitrogen and oxygen atoms in total. The first-order valence-electron chi connectivity index (χ1n) is 2.67. The summed E-state index contributed by atoms with van der Waals surface area (Å²) in [6.07, 6.45) is -4.02. The van der Waals surface area contributed by atoms with Crippen molar-refractivity contribution in [2.45, 2.75) is 25.0 Å². The van der Waals surface area contributed by atoms with E-state index < -0.39 is 11.6 Å². The minimum absolute atomic E-state index is 0.260. The molecule has 0 amide bonds. The topological polar surface area (TPSA) is 0 Å². The van der Waals surface area contributed by atoms with Gasteiger partial charge >= 0.3 is 61.9 Å². The Morgan fingerprint density at radius 3 is 1.56 bits per heavy atom. The van der Waals surface area contributed by atoms with Crippen LogP contribution in [0.15, 0.2) is 0 Å². The van der Waals surface area contributed by atoms with Crippen LogP contribution in [-0.2, 0) is 18.3 Å². The van der Waals surface area contributed by atoms with Crippen LogP contribution in [0.5, 0.6) is 0 Å². The van der Waals surface area contributed by atoms with Gasteiger partial charge in [-0.25, -0.2) is 0 Å². The van der Waals surface area contributed by atoms with Gasteiger partial charge < -0.3 is 0 Å². The van der Waals surface area contributed by atoms with Crippen molar-refractivity contribution in [2.75, 3.05) is 0 Å². The van der Waals surface area contributed by atoms with Crippen molar-refractivity contribution in [3.63, 3.8) is 0 Å². The number of rotatable bonds is 1. The second-order valence-corrected chi connectivity index (χ2v) is 3.68. The normalized spacial score (nSPS) is 14.1. The predicted molar refractivity (Wildman–Crippen MR) is 24.6 cm³/mol. The average molecular weight is 191 g/mol. The van der Waals surface area contributed by atoms with E-state index in [-0.39, 0.29) is 5.02 Å². The predicted octanol–water partition coefficient (Wildman–Crippen LogP) is 2.54. The average Bonchev–Trinajstić information content (AvgIpc) is 1.64. The molecular weight excluding hydrogens is 182 g/mol. The number of hydrogen-bond donors (Lipinski definition) is 0. The monoisotopic (exact) mass is 189 g/mol. The van der Waals surface area contributed by atoms with E-state index in [0.29, 0.717) is 18.3 Å². The Bertz CT molecular complexity index is 94.9. The Labute approximate surface area is 62.5 Å². The molecule has 0 aromatic heterocycles. The van der Waals surface area contributed by atoms with Crippen molar-refractivity contribution in [3.8, 4) is 0 Å². The first-order valence-corrected chi connectivity index (χ1v) is 4.77. The summed E-state index contributed by atoms with van der Waals surface area (Å²) in [5.41, 5.74) is -1.47. The van der Waals surface area contributed by atoms with Crippen molar-refractivity contribution < 1.29 is 31.5 Å².